The quantitative estimate of drug-likeness (QED) is 0.410. The molecule has 0 aliphatic carbocycles. The molecule has 1 aliphatic heterocycles. The van der Waals surface area contributed by atoms with Gasteiger partial charge in [0.1, 0.15) is 17.3 Å². The van der Waals surface area contributed by atoms with Crippen molar-refractivity contribution in [3.05, 3.63) is 66.4 Å². The van der Waals surface area contributed by atoms with Crippen molar-refractivity contribution in [2.24, 2.45) is 0 Å². The van der Waals surface area contributed by atoms with Crippen molar-refractivity contribution in [3.63, 3.8) is 0 Å². The molecule has 0 radical (unpaired) electrons. The van der Waals surface area contributed by atoms with Crippen LogP contribution in [0.25, 0.3) is 5.65 Å². The van der Waals surface area contributed by atoms with Crippen molar-refractivity contribution < 1.29 is 22.3 Å². The standard InChI is InChI=1S/C22H19F4N7O/c23-20-15(22(24,25)26)2-1-3-16(20)29-21-30-17(13-19(31-21)33-8-10-34-11-9-33)28-14-4-6-32-7-5-27-18(32)12-14/h1-7,12-13H,8-11H2,(H2,28,29,30,31). The van der Waals surface area contributed by atoms with Crippen LogP contribution in [0.15, 0.2) is 55.0 Å². The number of ether oxygens (including phenoxy) is 1. The van der Waals surface area contributed by atoms with E-state index in [0.29, 0.717) is 49.7 Å². The maximum absolute atomic E-state index is 14.6. The highest BCUT2D eigenvalue weighted by Crippen LogP contribution is 2.35. The highest BCUT2D eigenvalue weighted by atomic mass is 19.4. The van der Waals surface area contributed by atoms with Gasteiger partial charge >= 0.3 is 6.18 Å². The molecule has 4 aromatic rings. The minimum absolute atomic E-state index is 0.0494. The Labute approximate surface area is 191 Å². The minimum atomic E-state index is -4.82. The summed E-state index contributed by atoms with van der Waals surface area (Å²) in [6, 6.07) is 8.37. The number of halogens is 4. The smallest absolute Gasteiger partial charge is 0.378 e. The number of anilines is 5. The molecule has 176 valence electrons. The van der Waals surface area contributed by atoms with Gasteiger partial charge in [0.05, 0.1) is 24.5 Å². The Balaban J connectivity index is 1.50. The average molecular weight is 473 g/mol. The van der Waals surface area contributed by atoms with Gasteiger partial charge in [-0.15, -0.1) is 0 Å². The van der Waals surface area contributed by atoms with E-state index in [1.54, 1.807) is 12.3 Å². The molecular formula is C22H19F4N7O. The summed E-state index contributed by atoms with van der Waals surface area (Å²) in [6.07, 6.45) is 0.486. The Kier molecular flexibility index (Phi) is 5.65. The van der Waals surface area contributed by atoms with Crippen molar-refractivity contribution >= 4 is 34.6 Å². The predicted molar refractivity (Wildman–Crippen MR) is 118 cm³/mol. The Hall–Kier alpha value is -3.93. The lowest BCUT2D eigenvalue weighted by atomic mass is 10.2. The van der Waals surface area contributed by atoms with E-state index < -0.39 is 17.6 Å². The van der Waals surface area contributed by atoms with Crippen LogP contribution in [0.4, 0.5) is 46.5 Å². The van der Waals surface area contributed by atoms with Crippen LogP contribution in [0.3, 0.4) is 0 Å². The lowest BCUT2D eigenvalue weighted by Crippen LogP contribution is -2.36. The van der Waals surface area contributed by atoms with Crippen LogP contribution in [0.1, 0.15) is 5.56 Å². The van der Waals surface area contributed by atoms with Gasteiger partial charge in [-0.1, -0.05) is 6.07 Å². The van der Waals surface area contributed by atoms with Crippen molar-refractivity contribution in [1.82, 2.24) is 19.4 Å². The maximum atomic E-state index is 14.6. The number of imidazole rings is 1. The minimum Gasteiger partial charge on any atom is -0.378 e. The number of hydrogen-bond acceptors (Lipinski definition) is 7. The van der Waals surface area contributed by atoms with Crippen molar-refractivity contribution in [3.8, 4) is 0 Å². The van der Waals surface area contributed by atoms with Crippen LogP contribution >= 0.6 is 0 Å². The van der Waals surface area contributed by atoms with E-state index in [0.717, 1.165) is 11.7 Å². The summed E-state index contributed by atoms with van der Waals surface area (Å²) in [5, 5.41) is 5.77. The molecule has 1 fully saturated rings. The van der Waals surface area contributed by atoms with Crippen molar-refractivity contribution in [2.45, 2.75) is 6.18 Å². The summed E-state index contributed by atoms with van der Waals surface area (Å²) in [5.74, 6) is -0.568. The molecule has 0 atom stereocenters. The Morgan fingerprint density at radius 3 is 2.59 bits per heavy atom. The molecule has 0 unspecified atom stereocenters. The molecule has 34 heavy (non-hydrogen) atoms. The third-order valence-corrected chi connectivity index (χ3v) is 5.27. The SMILES string of the molecule is Fc1c(Nc2nc(Nc3ccn4ccnc4c3)cc(N3CCOCC3)n2)cccc1C(F)(F)F. The van der Waals surface area contributed by atoms with E-state index in [1.807, 2.05) is 33.8 Å². The number of pyridine rings is 1. The number of hydrogen-bond donors (Lipinski definition) is 2. The lowest BCUT2D eigenvalue weighted by molar-refractivity contribution is -0.139. The summed E-state index contributed by atoms with van der Waals surface area (Å²) in [6.45, 7) is 2.17. The van der Waals surface area contributed by atoms with Gasteiger partial charge in [-0.3, -0.25) is 0 Å². The van der Waals surface area contributed by atoms with E-state index in [2.05, 4.69) is 25.6 Å². The van der Waals surface area contributed by atoms with Crippen LogP contribution in [0.2, 0.25) is 0 Å². The third-order valence-electron chi connectivity index (χ3n) is 5.27. The molecule has 3 aromatic heterocycles. The third kappa shape index (κ3) is 4.57. The Morgan fingerprint density at radius 1 is 0.971 bits per heavy atom. The lowest BCUT2D eigenvalue weighted by Gasteiger charge is -2.28. The summed E-state index contributed by atoms with van der Waals surface area (Å²) >= 11 is 0. The number of aromatic nitrogens is 4. The zero-order valence-corrected chi connectivity index (χ0v) is 17.7. The fraction of sp³-hybridized carbons (Fsp3) is 0.227. The molecular weight excluding hydrogens is 454 g/mol. The number of fused-ring (bicyclic) bond motifs is 1. The normalized spacial score (nSPS) is 14.4. The molecule has 1 aromatic carbocycles. The largest absolute Gasteiger partial charge is 0.419 e. The van der Waals surface area contributed by atoms with E-state index in [4.69, 9.17) is 4.74 Å². The summed E-state index contributed by atoms with van der Waals surface area (Å²) in [4.78, 5) is 15.0. The molecule has 2 N–H and O–H groups in total. The van der Waals surface area contributed by atoms with Gasteiger partial charge in [0.2, 0.25) is 5.95 Å². The molecule has 4 heterocycles. The van der Waals surface area contributed by atoms with Gasteiger partial charge in [0.15, 0.2) is 5.82 Å². The highest BCUT2D eigenvalue weighted by Gasteiger charge is 2.35. The fourth-order valence-electron chi connectivity index (χ4n) is 3.61. The van der Waals surface area contributed by atoms with Gasteiger partial charge in [0.25, 0.3) is 0 Å². The summed E-state index contributed by atoms with van der Waals surface area (Å²) < 4.78 is 61.2. The molecule has 0 saturated carbocycles. The monoisotopic (exact) mass is 473 g/mol. The van der Waals surface area contributed by atoms with Crippen LogP contribution < -0.4 is 15.5 Å². The van der Waals surface area contributed by atoms with Crippen molar-refractivity contribution in [1.29, 1.82) is 0 Å². The molecule has 0 amide bonds. The number of benzene rings is 1. The fourth-order valence-corrected chi connectivity index (χ4v) is 3.61. The molecule has 8 nitrogen and oxygen atoms in total. The van der Waals surface area contributed by atoms with Gasteiger partial charge < -0.3 is 24.7 Å². The Morgan fingerprint density at radius 2 is 1.79 bits per heavy atom. The number of nitrogens with zero attached hydrogens (tertiary/aromatic N) is 5. The first-order chi connectivity index (χ1) is 16.4. The molecule has 0 spiro atoms. The van der Waals surface area contributed by atoms with Crippen LogP contribution in [-0.2, 0) is 10.9 Å². The van der Waals surface area contributed by atoms with Gasteiger partial charge in [-0.25, -0.2) is 9.37 Å². The van der Waals surface area contributed by atoms with E-state index in [-0.39, 0.29) is 11.6 Å². The molecule has 5 rings (SSSR count). The first kappa shape index (κ1) is 21.9. The molecule has 12 heteroatoms. The second kappa shape index (κ2) is 8.78. The van der Waals surface area contributed by atoms with Crippen LogP contribution in [0, 0.1) is 5.82 Å². The predicted octanol–water partition coefficient (Wildman–Crippen LogP) is 4.61. The number of rotatable bonds is 5. The highest BCUT2D eigenvalue weighted by molar-refractivity contribution is 5.66. The zero-order valence-electron chi connectivity index (χ0n) is 17.7. The van der Waals surface area contributed by atoms with Crippen LogP contribution in [0.5, 0.6) is 0 Å². The second-order valence-electron chi connectivity index (χ2n) is 7.56. The van der Waals surface area contributed by atoms with E-state index in [1.165, 1.54) is 6.07 Å². The molecule has 1 aliphatic rings. The second-order valence-corrected chi connectivity index (χ2v) is 7.56. The average Bonchev–Trinajstić information content (AvgIpc) is 3.28. The summed E-state index contributed by atoms with van der Waals surface area (Å²) in [7, 11) is 0. The topological polar surface area (TPSA) is 79.6 Å². The first-order valence-corrected chi connectivity index (χ1v) is 10.4. The van der Waals surface area contributed by atoms with Gasteiger partial charge in [-0.05, 0) is 18.2 Å². The van der Waals surface area contributed by atoms with Crippen LogP contribution in [-0.4, -0.2) is 45.7 Å². The zero-order chi connectivity index (χ0) is 23.7. The summed E-state index contributed by atoms with van der Waals surface area (Å²) in [5.41, 5.74) is -0.328. The maximum Gasteiger partial charge on any atom is 0.419 e. The number of nitrogens with one attached hydrogen (secondary N) is 2. The number of morpholine rings is 1. The van der Waals surface area contributed by atoms with E-state index in [9.17, 15) is 17.6 Å². The molecule has 0 bridgehead atoms. The van der Waals surface area contributed by atoms with E-state index >= 15 is 0 Å². The molecule has 1 saturated heterocycles. The van der Waals surface area contributed by atoms with Gasteiger partial charge in [0, 0.05) is 49.5 Å². The number of alkyl halides is 3. The van der Waals surface area contributed by atoms with Crippen molar-refractivity contribution in [2.75, 3.05) is 41.8 Å². The van der Waals surface area contributed by atoms with Gasteiger partial charge in [-0.2, -0.15) is 23.1 Å². The first-order valence-electron chi connectivity index (χ1n) is 10.4. The Bertz CT molecular complexity index is 1320.